The second kappa shape index (κ2) is 44.3. The van der Waals surface area contributed by atoms with Crippen molar-refractivity contribution < 1.29 is 150 Å². The molecule has 0 heterocycles. The van der Waals surface area contributed by atoms with Crippen molar-refractivity contribution in [2.24, 2.45) is 0 Å². The van der Waals surface area contributed by atoms with Crippen LogP contribution >= 0.6 is 32.4 Å². The number of benzene rings is 12. The molecule has 12 rings (SSSR count). The van der Waals surface area contributed by atoms with E-state index in [1.54, 1.807) is 0 Å². The summed E-state index contributed by atoms with van der Waals surface area (Å²) >= 11 is 0. The molecule has 0 saturated carbocycles. The van der Waals surface area contributed by atoms with Crippen LogP contribution in [-0.4, -0.2) is 0 Å². The normalized spacial score (nSPS) is 10.0. The fourth-order valence-electron chi connectivity index (χ4n) is 7.44. The second-order valence-electron chi connectivity index (χ2n) is 18.5. The Bertz CT molecular complexity index is 3710. The third-order valence-corrected chi connectivity index (χ3v) is 21.8. The fraction of sp³-hybridized carbons (Fsp3) is 0. The maximum atomic E-state index is 12.0. The van der Waals surface area contributed by atoms with E-state index in [4.69, 9.17) is 0 Å². The smallest absolute Gasteiger partial charge is 0.278 e. The summed E-state index contributed by atoms with van der Waals surface area (Å²) in [4.78, 5) is 0. The van der Waals surface area contributed by atoms with Crippen molar-refractivity contribution in [1.29, 1.82) is 0 Å². The molecule has 0 radical (unpaired) electrons. The Morgan fingerprint density at radius 3 is 0.434 bits per heavy atom. The van der Waals surface area contributed by atoms with Gasteiger partial charge < -0.3 is 0 Å². The van der Waals surface area contributed by atoms with Gasteiger partial charge in [-0.1, -0.05) is 260 Å². The molecule has 0 aliphatic heterocycles. The van der Waals surface area contributed by atoms with Crippen molar-refractivity contribution in [2.75, 3.05) is 0 Å². The van der Waals surface area contributed by atoms with E-state index >= 15 is 0 Å². The first-order valence-corrected chi connectivity index (χ1v) is 32.5. The molecular formula is C72H42F20P4PdPt2. The largest absolute Gasteiger partial charge is 2.00 e. The average Bonchev–Trinajstić information content (AvgIpc) is 0.798. The van der Waals surface area contributed by atoms with E-state index in [2.05, 4.69) is 243 Å². The summed E-state index contributed by atoms with van der Waals surface area (Å²) in [6.45, 7) is 0. The van der Waals surface area contributed by atoms with Gasteiger partial charge >= 0.3 is 42.1 Å². The molecule has 0 nitrogen and oxygen atoms in total. The summed E-state index contributed by atoms with van der Waals surface area (Å²) in [6.07, 6.45) is 0. The fourth-order valence-corrected chi connectivity index (χ4v) is 17.2. The van der Waals surface area contributed by atoms with E-state index in [1.165, 1.54) is 42.4 Å². The molecule has 0 amide bonds. The summed E-state index contributed by atoms with van der Waals surface area (Å²) < 4.78 is 239. The molecule has 0 atom stereocenters. The molecule has 12 aromatic carbocycles. The maximum absolute atomic E-state index is 12.0. The van der Waals surface area contributed by atoms with Crippen molar-refractivity contribution in [3.63, 3.8) is 0 Å². The van der Waals surface area contributed by atoms with Crippen LogP contribution in [0, 0.1) is 141 Å². The Hall–Kier alpha value is -7.00. The molecule has 0 aliphatic carbocycles. The van der Waals surface area contributed by atoms with Crippen LogP contribution in [0.5, 0.6) is 0 Å². The van der Waals surface area contributed by atoms with E-state index in [9.17, 15) is 87.8 Å². The first-order valence-electron chi connectivity index (χ1n) is 27.2. The van der Waals surface area contributed by atoms with Crippen molar-refractivity contribution in [3.8, 4) is 0 Å². The van der Waals surface area contributed by atoms with Gasteiger partial charge in [-0.15, -0.1) is 24.3 Å². The van der Waals surface area contributed by atoms with Crippen LogP contribution in [-0.2, 0) is 62.6 Å². The molecule has 520 valence electrons. The molecule has 0 saturated heterocycles. The second-order valence-corrected chi connectivity index (χ2v) is 27.0. The van der Waals surface area contributed by atoms with E-state index in [1.807, 2.05) is 0 Å². The van der Waals surface area contributed by atoms with E-state index in [0.717, 1.165) is 41.4 Å². The van der Waals surface area contributed by atoms with Gasteiger partial charge in [0, 0.05) is 20.4 Å². The number of hydrogen-bond acceptors (Lipinski definition) is 0. The van der Waals surface area contributed by atoms with Gasteiger partial charge in [-0.3, -0.25) is 35.1 Å². The summed E-state index contributed by atoms with van der Waals surface area (Å²) in [5.41, 5.74) is 0. The Morgan fingerprint density at radius 2 is 0.303 bits per heavy atom. The van der Waals surface area contributed by atoms with Crippen LogP contribution in [0.1, 0.15) is 0 Å². The minimum Gasteiger partial charge on any atom is -0.278 e. The van der Waals surface area contributed by atoms with Gasteiger partial charge in [0.1, 0.15) is 0 Å². The molecule has 0 unspecified atom stereocenters. The van der Waals surface area contributed by atoms with Crippen LogP contribution in [0.15, 0.2) is 243 Å². The van der Waals surface area contributed by atoms with E-state index in [0.29, 0.717) is 0 Å². The summed E-state index contributed by atoms with van der Waals surface area (Å²) in [7, 11) is 0.549. The zero-order chi connectivity index (χ0) is 69.8. The first-order chi connectivity index (χ1) is 46.0. The Kier molecular flexibility index (Phi) is 38.6. The first kappa shape index (κ1) is 86.2. The zero-order valence-corrected chi connectivity index (χ0v) is 59.4. The predicted octanol–water partition coefficient (Wildman–Crippen LogP) is 18.5. The number of rotatable bonds is 9. The van der Waals surface area contributed by atoms with Gasteiger partial charge in [0.25, 0.3) is 0 Å². The van der Waals surface area contributed by atoms with E-state index in [-0.39, 0.29) is 62.6 Å². The maximum Gasteiger partial charge on any atom is 2.00 e. The number of halogens is 20. The summed E-state index contributed by atoms with van der Waals surface area (Å²) in [5.74, 6) is -40.2. The van der Waals surface area contributed by atoms with Crippen molar-refractivity contribution in [1.82, 2.24) is 0 Å². The molecule has 0 fully saturated rings. The topological polar surface area (TPSA) is 0 Å². The van der Waals surface area contributed by atoms with Gasteiger partial charge in [0.05, 0.1) is 116 Å². The van der Waals surface area contributed by atoms with Crippen LogP contribution in [0.4, 0.5) is 87.8 Å². The Labute approximate surface area is 604 Å². The van der Waals surface area contributed by atoms with Crippen LogP contribution < -0.4 is 42.4 Å². The standard InChI is InChI=1S/C24H20P2.2C12H11P.4C6F5.Pd.2Pt/c1-5-13-21(14-6-1)25(22-15-7-2-8-16-22)26(23-17-9-3-10-18-23)24-19-11-4-12-20-24;2*1-3-7-11(8-4-1)13-12-9-5-2-6-10-12;4*7-2-1-3(8)5(10)6(11)4(2)9;;;/h1-20H;2*1-10,13H;;;;;;;/q;;;4*-1;;2*+2. The van der Waals surface area contributed by atoms with Gasteiger partial charge in [-0.05, 0) is 57.7 Å². The minimum atomic E-state index is -2.17. The third kappa shape index (κ3) is 26.5. The van der Waals surface area contributed by atoms with Crippen molar-refractivity contribution in [2.45, 2.75) is 0 Å². The van der Waals surface area contributed by atoms with Gasteiger partial charge in [0.15, 0.2) is 0 Å². The molecule has 27 heteroatoms. The molecule has 99 heavy (non-hydrogen) atoms. The molecular weight excluding hydrogens is 1870 g/mol. The predicted molar refractivity (Wildman–Crippen MR) is 339 cm³/mol. The minimum absolute atomic E-state index is 0. The molecule has 12 aromatic rings. The molecule has 0 N–H and O–H groups in total. The van der Waals surface area contributed by atoms with Gasteiger partial charge in [-0.25, -0.2) is 52.7 Å². The average molecular weight is 1910 g/mol. The van der Waals surface area contributed by atoms with Crippen molar-refractivity contribution >= 4 is 74.8 Å². The van der Waals surface area contributed by atoms with Gasteiger partial charge in [0.2, 0.25) is 0 Å². The molecule has 0 aliphatic rings. The molecule has 0 bridgehead atoms. The van der Waals surface area contributed by atoms with Gasteiger partial charge in [-0.2, -0.15) is 0 Å². The Balaban J connectivity index is 0.000000309. The zero-order valence-electron chi connectivity index (χ0n) is 49.5. The SMILES string of the molecule is Fc1[c-]c(F)c(F)c(F)c1F.Fc1[c-]c(F)c(F)c(F)c1F.Fc1[c-]c(F)c(F)c(F)c1F.Fc1[c-]c(F)c(F)c(F)c1F.[Pd].[Pt+2].[Pt+2].c1ccc(P(c2ccccc2)P(c2ccccc2)c2ccccc2)cc1.c1ccc(Pc2ccccc2)cc1.c1ccc(Pc2ccccc2)cc1. The summed E-state index contributed by atoms with van der Waals surface area (Å²) in [6, 6.07) is 90.5. The number of hydrogen-bond donors (Lipinski definition) is 0. The van der Waals surface area contributed by atoms with Crippen LogP contribution in [0.2, 0.25) is 0 Å². The van der Waals surface area contributed by atoms with Crippen LogP contribution in [0.3, 0.4) is 0 Å². The van der Waals surface area contributed by atoms with Crippen LogP contribution in [0.25, 0.3) is 0 Å². The Morgan fingerprint density at radius 1 is 0.182 bits per heavy atom. The quantitative estimate of drug-likeness (QED) is 0.0337. The monoisotopic (exact) mass is 1910 g/mol. The van der Waals surface area contributed by atoms with Crippen molar-refractivity contribution in [3.05, 3.63) is 383 Å². The third-order valence-electron chi connectivity index (χ3n) is 11.8. The van der Waals surface area contributed by atoms with E-state index < -0.39 is 132 Å². The molecule has 0 aromatic heterocycles. The molecule has 0 spiro atoms. The summed E-state index contributed by atoms with van der Waals surface area (Å²) in [5, 5.41) is 11.3.